The van der Waals surface area contributed by atoms with Gasteiger partial charge in [0, 0.05) is 6.54 Å². The van der Waals surface area contributed by atoms with Crippen molar-refractivity contribution in [3.63, 3.8) is 0 Å². The number of fused-ring (bicyclic) bond motifs is 1. The lowest BCUT2D eigenvalue weighted by atomic mass is 10.1. The molecule has 6 nitrogen and oxygen atoms in total. The summed E-state index contributed by atoms with van der Waals surface area (Å²) < 4.78 is 19.8. The van der Waals surface area contributed by atoms with Crippen LogP contribution in [0.15, 0.2) is 48.5 Å². The molecule has 8 heteroatoms. The van der Waals surface area contributed by atoms with E-state index in [-0.39, 0.29) is 24.9 Å². The summed E-state index contributed by atoms with van der Waals surface area (Å²) in [6.45, 7) is 0.0397. The van der Waals surface area contributed by atoms with Crippen LogP contribution in [-0.4, -0.2) is 40.8 Å². The van der Waals surface area contributed by atoms with Gasteiger partial charge in [-0.2, -0.15) is 11.8 Å². The summed E-state index contributed by atoms with van der Waals surface area (Å²) >= 11 is 1.62. The van der Waals surface area contributed by atoms with Crippen molar-refractivity contribution in [1.82, 2.24) is 14.9 Å². The average molecular weight is 415 g/mol. The van der Waals surface area contributed by atoms with E-state index in [0.29, 0.717) is 18.7 Å². The highest BCUT2D eigenvalue weighted by atomic mass is 32.2. The third-order valence-electron chi connectivity index (χ3n) is 4.31. The molecule has 0 saturated heterocycles. The molecule has 3 rings (SSSR count). The zero-order valence-electron chi connectivity index (χ0n) is 16.1. The topological polar surface area (TPSA) is 73.2 Å². The fourth-order valence-electron chi connectivity index (χ4n) is 2.91. The van der Waals surface area contributed by atoms with Crippen molar-refractivity contribution in [1.29, 1.82) is 0 Å². The third kappa shape index (κ3) is 5.80. The van der Waals surface area contributed by atoms with E-state index < -0.39 is 5.97 Å². The number of hydrogen-bond acceptors (Lipinski definition) is 5. The second kappa shape index (κ2) is 10.1. The van der Waals surface area contributed by atoms with E-state index >= 15 is 0 Å². The van der Waals surface area contributed by atoms with Gasteiger partial charge in [0.25, 0.3) is 5.91 Å². The number of imidazole rings is 1. The highest BCUT2D eigenvalue weighted by molar-refractivity contribution is 7.97. The maximum Gasteiger partial charge on any atom is 0.326 e. The molecule has 0 fully saturated rings. The number of carbonyl (C=O) groups is 2. The van der Waals surface area contributed by atoms with Gasteiger partial charge in [0.15, 0.2) is 6.61 Å². The van der Waals surface area contributed by atoms with E-state index in [1.165, 1.54) is 12.1 Å². The van der Waals surface area contributed by atoms with Crippen molar-refractivity contribution in [3.05, 3.63) is 65.7 Å². The summed E-state index contributed by atoms with van der Waals surface area (Å²) in [5.74, 6) is 0.297. The van der Waals surface area contributed by atoms with Gasteiger partial charge in [0.1, 0.15) is 18.2 Å². The molecule has 0 aliphatic heterocycles. The number of para-hydroxylation sites is 2. The first-order valence-corrected chi connectivity index (χ1v) is 10.6. The number of aromatic nitrogens is 2. The van der Waals surface area contributed by atoms with Crippen LogP contribution in [0.25, 0.3) is 11.0 Å². The van der Waals surface area contributed by atoms with Gasteiger partial charge in [-0.3, -0.25) is 9.59 Å². The predicted octanol–water partition coefficient (Wildman–Crippen LogP) is 2.94. The summed E-state index contributed by atoms with van der Waals surface area (Å²) in [6.07, 6.45) is 2.54. The number of hydrogen-bond donors (Lipinski definition) is 1. The van der Waals surface area contributed by atoms with Crippen LogP contribution in [-0.2, 0) is 33.0 Å². The van der Waals surface area contributed by atoms with Crippen molar-refractivity contribution < 1.29 is 18.7 Å². The Hall–Kier alpha value is -2.87. The molecular weight excluding hydrogens is 393 g/mol. The summed E-state index contributed by atoms with van der Waals surface area (Å²) in [4.78, 5) is 28.7. The van der Waals surface area contributed by atoms with Gasteiger partial charge >= 0.3 is 5.97 Å². The van der Waals surface area contributed by atoms with E-state index in [2.05, 4.69) is 10.3 Å². The summed E-state index contributed by atoms with van der Waals surface area (Å²) in [7, 11) is 0. The first-order chi connectivity index (χ1) is 14.1. The summed E-state index contributed by atoms with van der Waals surface area (Å²) in [5.41, 5.74) is 2.59. The molecular formula is C21H22FN3O3S. The van der Waals surface area contributed by atoms with Crippen LogP contribution in [0.2, 0.25) is 0 Å². The molecule has 0 atom stereocenters. The first-order valence-electron chi connectivity index (χ1n) is 9.16. The molecule has 2 aromatic carbocycles. The number of ether oxygens (including phenoxy) is 1. The lowest BCUT2D eigenvalue weighted by Crippen LogP contribution is -2.31. The number of thioether (sulfide) groups is 1. The summed E-state index contributed by atoms with van der Waals surface area (Å²) in [6, 6.07) is 13.7. The van der Waals surface area contributed by atoms with E-state index in [1.807, 2.05) is 35.1 Å². The van der Waals surface area contributed by atoms with Gasteiger partial charge in [-0.25, -0.2) is 9.37 Å². The van der Waals surface area contributed by atoms with Crippen LogP contribution < -0.4 is 5.32 Å². The number of halogens is 1. The monoisotopic (exact) mass is 415 g/mol. The van der Waals surface area contributed by atoms with Gasteiger partial charge in [-0.1, -0.05) is 24.3 Å². The molecule has 1 amide bonds. The molecule has 0 radical (unpaired) electrons. The van der Waals surface area contributed by atoms with Gasteiger partial charge < -0.3 is 14.6 Å². The lowest BCUT2D eigenvalue weighted by Gasteiger charge is -2.09. The van der Waals surface area contributed by atoms with Crippen LogP contribution in [0.1, 0.15) is 11.4 Å². The van der Waals surface area contributed by atoms with Crippen LogP contribution >= 0.6 is 11.8 Å². The minimum Gasteiger partial charge on any atom is -0.454 e. The standard InChI is InChI=1S/C21H22FN3O3S/c1-29-14-19-24-17-4-2-3-5-18(17)25(19)12-21(27)28-13-20(26)23-11-10-15-6-8-16(22)9-7-15/h2-9H,10-14H2,1H3,(H,23,26). The quantitative estimate of drug-likeness (QED) is 0.544. The molecule has 0 aliphatic carbocycles. The molecule has 0 unspecified atom stereocenters. The Bertz CT molecular complexity index is 989. The lowest BCUT2D eigenvalue weighted by molar-refractivity contribution is -0.149. The van der Waals surface area contributed by atoms with E-state index in [0.717, 1.165) is 22.4 Å². The SMILES string of the molecule is CSCc1nc2ccccc2n1CC(=O)OCC(=O)NCCc1ccc(F)cc1. The number of nitrogens with one attached hydrogen (secondary N) is 1. The predicted molar refractivity (Wildman–Crippen MR) is 111 cm³/mol. The smallest absolute Gasteiger partial charge is 0.326 e. The molecule has 1 aromatic heterocycles. The number of rotatable bonds is 9. The molecule has 1 heterocycles. The normalized spacial score (nSPS) is 10.8. The van der Waals surface area contributed by atoms with Gasteiger partial charge in [-0.05, 0) is 42.5 Å². The van der Waals surface area contributed by atoms with Crippen LogP contribution in [0.4, 0.5) is 4.39 Å². The van der Waals surface area contributed by atoms with Crippen molar-refractivity contribution in [3.8, 4) is 0 Å². The van der Waals surface area contributed by atoms with Gasteiger partial charge in [0.2, 0.25) is 0 Å². The number of amides is 1. The average Bonchev–Trinajstić information content (AvgIpc) is 3.05. The van der Waals surface area contributed by atoms with Crippen molar-refractivity contribution >= 4 is 34.7 Å². The number of nitrogens with zero attached hydrogens (tertiary/aromatic N) is 2. The van der Waals surface area contributed by atoms with E-state index in [9.17, 15) is 14.0 Å². The Kier molecular flexibility index (Phi) is 7.24. The Morgan fingerprint density at radius 1 is 1.17 bits per heavy atom. The van der Waals surface area contributed by atoms with Crippen LogP contribution in [0.5, 0.6) is 0 Å². The van der Waals surface area contributed by atoms with Gasteiger partial charge in [-0.15, -0.1) is 0 Å². The van der Waals surface area contributed by atoms with Crippen LogP contribution in [0.3, 0.4) is 0 Å². The van der Waals surface area contributed by atoms with Crippen molar-refractivity contribution in [2.75, 3.05) is 19.4 Å². The molecule has 0 spiro atoms. The Morgan fingerprint density at radius 3 is 2.69 bits per heavy atom. The zero-order chi connectivity index (χ0) is 20.6. The van der Waals surface area contributed by atoms with Crippen molar-refractivity contribution in [2.24, 2.45) is 0 Å². The maximum absolute atomic E-state index is 12.9. The second-order valence-electron chi connectivity index (χ2n) is 6.42. The molecule has 0 aliphatic rings. The van der Waals surface area contributed by atoms with Crippen molar-refractivity contribution in [2.45, 2.75) is 18.7 Å². The number of benzene rings is 2. The highest BCUT2D eigenvalue weighted by Gasteiger charge is 2.15. The number of carbonyl (C=O) groups excluding carboxylic acids is 2. The molecule has 0 saturated carbocycles. The molecule has 3 aromatic rings. The Balaban J connectivity index is 1.48. The first kappa shape index (κ1) is 20.9. The van der Waals surface area contributed by atoms with Gasteiger partial charge in [0.05, 0.1) is 16.8 Å². The van der Waals surface area contributed by atoms with Crippen LogP contribution in [0, 0.1) is 5.82 Å². The Labute approximate surface area is 172 Å². The second-order valence-corrected chi connectivity index (χ2v) is 7.29. The minimum atomic E-state index is -0.496. The molecule has 152 valence electrons. The minimum absolute atomic E-state index is 0.000728. The maximum atomic E-state index is 12.9. The summed E-state index contributed by atoms with van der Waals surface area (Å²) in [5, 5.41) is 2.69. The Morgan fingerprint density at radius 2 is 1.93 bits per heavy atom. The fraction of sp³-hybridized carbons (Fsp3) is 0.286. The molecule has 1 N–H and O–H groups in total. The molecule has 29 heavy (non-hydrogen) atoms. The fourth-order valence-corrected chi connectivity index (χ4v) is 3.39. The molecule has 0 bridgehead atoms. The zero-order valence-corrected chi connectivity index (χ0v) is 16.9. The van der Waals surface area contributed by atoms with E-state index in [1.54, 1.807) is 23.9 Å². The van der Waals surface area contributed by atoms with E-state index in [4.69, 9.17) is 4.74 Å². The highest BCUT2D eigenvalue weighted by Crippen LogP contribution is 2.19. The third-order valence-corrected chi connectivity index (χ3v) is 4.85. The number of esters is 1. The largest absolute Gasteiger partial charge is 0.454 e.